The summed E-state index contributed by atoms with van der Waals surface area (Å²) in [5.74, 6) is -1.22. The van der Waals surface area contributed by atoms with Gasteiger partial charge in [0.25, 0.3) is 11.8 Å². The fraction of sp³-hybridized carbons (Fsp3) is 0.300. The summed E-state index contributed by atoms with van der Waals surface area (Å²) >= 11 is 1.26. The number of anilines is 1. The molecule has 2 N–H and O–H groups in total. The number of rotatable bonds is 4. The highest BCUT2D eigenvalue weighted by Crippen LogP contribution is 2.37. The van der Waals surface area contributed by atoms with Crippen molar-refractivity contribution in [3.05, 3.63) is 51.4 Å². The zero-order chi connectivity index (χ0) is 21.8. The number of carbonyl (C=O) groups is 4. The number of benzene rings is 1. The lowest BCUT2D eigenvalue weighted by molar-refractivity contribution is 0.0600. The van der Waals surface area contributed by atoms with Crippen molar-refractivity contribution < 1.29 is 28.7 Å². The van der Waals surface area contributed by atoms with Crippen LogP contribution in [0.2, 0.25) is 0 Å². The van der Waals surface area contributed by atoms with E-state index in [0.29, 0.717) is 41.2 Å². The maximum absolute atomic E-state index is 12.7. The molecule has 9 nitrogen and oxygen atoms in total. The predicted octanol–water partition coefficient (Wildman–Crippen LogP) is 2.27. The quantitative estimate of drug-likeness (QED) is 0.718. The Morgan fingerprint density at radius 1 is 1.00 bits per heavy atom. The van der Waals surface area contributed by atoms with E-state index in [1.807, 2.05) is 0 Å². The smallest absolute Gasteiger partial charge is 0.409 e. The molecule has 2 aromatic rings. The SMILES string of the molecule is CNC(=O)c1c(NC(=O)c2ccc(C(=O)OC)cc2)sc2c1CCN(C(=O)OC)C2. The van der Waals surface area contributed by atoms with Crippen molar-refractivity contribution in [1.29, 1.82) is 0 Å². The molecule has 10 heteroatoms. The molecule has 1 aliphatic heterocycles. The Morgan fingerprint density at radius 3 is 2.27 bits per heavy atom. The second-order valence-corrected chi connectivity index (χ2v) is 7.56. The second-order valence-electron chi connectivity index (χ2n) is 6.45. The normalized spacial score (nSPS) is 12.6. The molecule has 0 saturated carbocycles. The van der Waals surface area contributed by atoms with Crippen LogP contribution in [0, 0.1) is 0 Å². The molecule has 0 spiro atoms. The number of hydrogen-bond acceptors (Lipinski definition) is 7. The highest BCUT2D eigenvalue weighted by molar-refractivity contribution is 7.17. The average Bonchev–Trinajstić information content (AvgIpc) is 3.14. The van der Waals surface area contributed by atoms with Gasteiger partial charge in [0.1, 0.15) is 5.00 Å². The van der Waals surface area contributed by atoms with Crippen LogP contribution in [0.4, 0.5) is 9.80 Å². The third kappa shape index (κ3) is 4.13. The molecular weight excluding hydrogens is 410 g/mol. The number of esters is 1. The first-order valence-electron chi connectivity index (χ1n) is 9.08. The summed E-state index contributed by atoms with van der Waals surface area (Å²) in [7, 11) is 4.12. The Bertz CT molecular complexity index is 999. The Hall–Kier alpha value is -3.40. The van der Waals surface area contributed by atoms with Crippen molar-refractivity contribution in [2.75, 3.05) is 33.1 Å². The van der Waals surface area contributed by atoms with Gasteiger partial charge < -0.3 is 25.0 Å². The highest BCUT2D eigenvalue weighted by Gasteiger charge is 2.30. The van der Waals surface area contributed by atoms with E-state index >= 15 is 0 Å². The van der Waals surface area contributed by atoms with Crippen LogP contribution >= 0.6 is 11.3 Å². The number of ether oxygens (including phenoxy) is 2. The first kappa shape index (κ1) is 21.3. The number of amides is 3. The average molecular weight is 431 g/mol. The number of hydrogen-bond donors (Lipinski definition) is 2. The lowest BCUT2D eigenvalue weighted by atomic mass is 10.0. The van der Waals surface area contributed by atoms with Gasteiger partial charge in [0.2, 0.25) is 0 Å². The molecule has 30 heavy (non-hydrogen) atoms. The Labute approximate surface area is 177 Å². The molecule has 1 aromatic carbocycles. The van der Waals surface area contributed by atoms with Crippen LogP contribution in [0.5, 0.6) is 0 Å². The number of methoxy groups -OCH3 is 2. The maximum Gasteiger partial charge on any atom is 0.409 e. The molecule has 1 aliphatic rings. The lowest BCUT2D eigenvalue weighted by Gasteiger charge is -2.25. The van der Waals surface area contributed by atoms with Crippen molar-refractivity contribution in [1.82, 2.24) is 10.2 Å². The summed E-state index contributed by atoms with van der Waals surface area (Å²) in [4.78, 5) is 51.0. The van der Waals surface area contributed by atoms with Gasteiger partial charge in [-0.3, -0.25) is 9.59 Å². The monoisotopic (exact) mass is 431 g/mol. The van der Waals surface area contributed by atoms with Crippen molar-refractivity contribution >= 4 is 40.2 Å². The van der Waals surface area contributed by atoms with Crippen molar-refractivity contribution in [3.8, 4) is 0 Å². The molecule has 0 bridgehead atoms. The van der Waals surface area contributed by atoms with E-state index in [-0.39, 0.29) is 5.91 Å². The van der Waals surface area contributed by atoms with Gasteiger partial charge >= 0.3 is 12.1 Å². The third-order valence-electron chi connectivity index (χ3n) is 4.74. The Balaban J connectivity index is 1.87. The van der Waals surface area contributed by atoms with Crippen LogP contribution in [0.25, 0.3) is 0 Å². The van der Waals surface area contributed by atoms with Crippen LogP contribution in [-0.4, -0.2) is 56.6 Å². The fourth-order valence-corrected chi connectivity index (χ4v) is 4.45. The summed E-state index contributed by atoms with van der Waals surface area (Å²) in [5, 5.41) is 5.80. The maximum atomic E-state index is 12.7. The zero-order valence-electron chi connectivity index (χ0n) is 16.7. The number of carbonyl (C=O) groups excluding carboxylic acids is 4. The van der Waals surface area contributed by atoms with E-state index in [2.05, 4.69) is 15.4 Å². The van der Waals surface area contributed by atoms with Crippen molar-refractivity contribution in [2.45, 2.75) is 13.0 Å². The van der Waals surface area contributed by atoms with Crippen LogP contribution in [0.3, 0.4) is 0 Å². The van der Waals surface area contributed by atoms with E-state index < -0.39 is 18.0 Å². The molecular formula is C20H21N3O6S. The molecule has 3 rings (SSSR count). The third-order valence-corrected chi connectivity index (χ3v) is 5.87. The molecule has 0 saturated heterocycles. The van der Waals surface area contributed by atoms with Crippen LogP contribution in [0.1, 0.15) is 41.5 Å². The zero-order valence-corrected chi connectivity index (χ0v) is 17.6. The van der Waals surface area contributed by atoms with E-state index in [4.69, 9.17) is 4.74 Å². The number of nitrogens with zero attached hydrogens (tertiary/aromatic N) is 1. The van der Waals surface area contributed by atoms with Gasteiger partial charge in [0.15, 0.2) is 0 Å². The number of nitrogens with one attached hydrogen (secondary N) is 2. The first-order chi connectivity index (χ1) is 14.4. The minimum absolute atomic E-state index is 0.306. The molecule has 1 aromatic heterocycles. The van der Waals surface area contributed by atoms with Crippen LogP contribution < -0.4 is 10.6 Å². The Kier molecular flexibility index (Phi) is 6.36. The summed E-state index contributed by atoms with van der Waals surface area (Å²) < 4.78 is 9.42. The second kappa shape index (κ2) is 8.95. The van der Waals surface area contributed by atoms with Gasteiger partial charge in [-0.25, -0.2) is 9.59 Å². The highest BCUT2D eigenvalue weighted by atomic mass is 32.1. The molecule has 0 radical (unpaired) electrons. The summed E-state index contributed by atoms with van der Waals surface area (Å²) in [6.45, 7) is 0.725. The fourth-order valence-electron chi connectivity index (χ4n) is 3.19. The standard InChI is InChI=1S/C20H21N3O6S/c1-21-17(25)15-13-8-9-23(20(27)29-3)10-14(13)30-18(15)22-16(24)11-4-6-12(7-5-11)19(26)28-2/h4-7H,8-10H2,1-3H3,(H,21,25)(H,22,24). The molecule has 0 fully saturated rings. The first-order valence-corrected chi connectivity index (χ1v) is 9.90. The van der Waals surface area contributed by atoms with Gasteiger partial charge in [-0.05, 0) is 36.2 Å². The largest absolute Gasteiger partial charge is 0.465 e. The number of fused-ring (bicyclic) bond motifs is 1. The van der Waals surface area contributed by atoms with Crippen molar-refractivity contribution in [2.24, 2.45) is 0 Å². The van der Waals surface area contributed by atoms with Crippen LogP contribution in [-0.2, 0) is 22.4 Å². The lowest BCUT2D eigenvalue weighted by Crippen LogP contribution is -2.35. The predicted molar refractivity (Wildman–Crippen MR) is 110 cm³/mol. The Morgan fingerprint density at radius 2 is 1.67 bits per heavy atom. The van der Waals surface area contributed by atoms with Gasteiger partial charge in [0.05, 0.1) is 31.9 Å². The van der Waals surface area contributed by atoms with Crippen LogP contribution in [0.15, 0.2) is 24.3 Å². The molecule has 2 heterocycles. The number of thiophene rings is 1. The van der Waals surface area contributed by atoms with Gasteiger partial charge in [-0.1, -0.05) is 0 Å². The van der Waals surface area contributed by atoms with Gasteiger partial charge in [-0.15, -0.1) is 11.3 Å². The molecule has 0 aliphatic carbocycles. The molecule has 158 valence electrons. The van der Waals surface area contributed by atoms with E-state index in [1.54, 1.807) is 4.90 Å². The van der Waals surface area contributed by atoms with E-state index in [0.717, 1.165) is 10.4 Å². The topological polar surface area (TPSA) is 114 Å². The molecule has 3 amide bonds. The minimum Gasteiger partial charge on any atom is -0.465 e. The van der Waals surface area contributed by atoms with Gasteiger partial charge in [0, 0.05) is 24.0 Å². The molecule has 0 unspecified atom stereocenters. The van der Waals surface area contributed by atoms with E-state index in [9.17, 15) is 19.2 Å². The summed E-state index contributed by atoms with van der Waals surface area (Å²) in [6, 6.07) is 6.00. The van der Waals surface area contributed by atoms with E-state index in [1.165, 1.54) is 56.9 Å². The minimum atomic E-state index is -0.495. The van der Waals surface area contributed by atoms with Crippen molar-refractivity contribution in [3.63, 3.8) is 0 Å². The molecule has 0 atom stereocenters. The summed E-state index contributed by atoms with van der Waals surface area (Å²) in [5.41, 5.74) is 1.88. The summed E-state index contributed by atoms with van der Waals surface area (Å²) in [6.07, 6.45) is 0.0414. The van der Waals surface area contributed by atoms with Gasteiger partial charge in [-0.2, -0.15) is 0 Å².